The molecule has 19 heavy (non-hydrogen) atoms. The summed E-state index contributed by atoms with van der Waals surface area (Å²) in [6, 6.07) is 7.23. The number of benzene rings is 1. The molecule has 1 heterocycles. The molecule has 0 atom stereocenters. The lowest BCUT2D eigenvalue weighted by molar-refractivity contribution is -0.138. The van der Waals surface area contributed by atoms with Crippen LogP contribution in [0, 0.1) is 0 Å². The van der Waals surface area contributed by atoms with Crippen molar-refractivity contribution in [2.75, 3.05) is 0 Å². The monoisotopic (exact) mass is 351 g/mol. The van der Waals surface area contributed by atoms with E-state index in [-0.39, 0.29) is 10.9 Å². The van der Waals surface area contributed by atoms with Crippen molar-refractivity contribution in [2.45, 2.75) is 6.18 Å². The molecule has 0 aliphatic rings. The maximum atomic E-state index is 12.8. The first kappa shape index (κ1) is 14.1. The Balaban J connectivity index is 2.45. The lowest BCUT2D eigenvalue weighted by Crippen LogP contribution is -2.08. The molecule has 0 fully saturated rings. The van der Waals surface area contributed by atoms with Crippen LogP contribution in [0.1, 0.15) is 5.56 Å². The van der Waals surface area contributed by atoms with Crippen LogP contribution in [-0.4, -0.2) is 4.98 Å². The van der Waals surface area contributed by atoms with Gasteiger partial charge in [-0.15, -0.1) is 0 Å². The number of hydrogen-bond donors (Lipinski definition) is 0. The van der Waals surface area contributed by atoms with E-state index in [2.05, 4.69) is 20.9 Å². The Morgan fingerprint density at radius 1 is 1.21 bits per heavy atom. The van der Waals surface area contributed by atoms with Gasteiger partial charge >= 0.3 is 6.18 Å². The fourth-order valence-corrected chi connectivity index (χ4v) is 1.97. The van der Waals surface area contributed by atoms with E-state index in [0.29, 0.717) is 4.47 Å². The highest BCUT2D eigenvalue weighted by atomic mass is 79.9. The van der Waals surface area contributed by atoms with E-state index < -0.39 is 17.5 Å². The molecule has 7 heteroatoms. The number of ether oxygens (including phenoxy) is 1. The number of pyridine rings is 1. The van der Waals surface area contributed by atoms with Gasteiger partial charge in [-0.3, -0.25) is 0 Å². The van der Waals surface area contributed by atoms with Crippen LogP contribution in [0.15, 0.2) is 41.0 Å². The molecule has 0 aliphatic heterocycles. The predicted octanol–water partition coefficient (Wildman–Crippen LogP) is 5.31. The minimum atomic E-state index is -4.56. The minimum Gasteiger partial charge on any atom is -0.453 e. The third-order valence-corrected chi connectivity index (χ3v) is 2.94. The molecule has 0 aliphatic carbocycles. The largest absolute Gasteiger partial charge is 0.453 e. The molecule has 1 aromatic heterocycles. The smallest absolute Gasteiger partial charge is 0.420 e. The van der Waals surface area contributed by atoms with Crippen LogP contribution in [0.2, 0.25) is 5.15 Å². The molecule has 0 unspecified atom stereocenters. The number of aromatic nitrogens is 1. The maximum Gasteiger partial charge on any atom is 0.420 e. The van der Waals surface area contributed by atoms with Gasteiger partial charge in [-0.25, -0.2) is 4.98 Å². The van der Waals surface area contributed by atoms with E-state index in [0.717, 1.165) is 12.3 Å². The van der Waals surface area contributed by atoms with Crippen LogP contribution in [0.4, 0.5) is 13.2 Å². The Morgan fingerprint density at radius 3 is 2.58 bits per heavy atom. The van der Waals surface area contributed by atoms with E-state index in [1.165, 1.54) is 12.1 Å². The molecule has 2 aromatic rings. The van der Waals surface area contributed by atoms with Crippen LogP contribution >= 0.6 is 27.5 Å². The molecule has 2 nitrogen and oxygen atoms in total. The summed E-state index contributed by atoms with van der Waals surface area (Å²) in [6.45, 7) is 0. The van der Waals surface area contributed by atoms with E-state index in [4.69, 9.17) is 16.3 Å². The van der Waals surface area contributed by atoms with Gasteiger partial charge in [0.05, 0.1) is 0 Å². The molecule has 0 saturated carbocycles. The van der Waals surface area contributed by atoms with Gasteiger partial charge in [0.2, 0.25) is 0 Å². The Labute approximate surface area is 120 Å². The van der Waals surface area contributed by atoms with Crippen molar-refractivity contribution in [3.8, 4) is 11.5 Å². The van der Waals surface area contributed by atoms with Crippen molar-refractivity contribution >= 4 is 27.5 Å². The first-order valence-corrected chi connectivity index (χ1v) is 6.20. The number of rotatable bonds is 2. The van der Waals surface area contributed by atoms with Gasteiger partial charge in [-0.05, 0) is 24.3 Å². The van der Waals surface area contributed by atoms with Crippen molar-refractivity contribution in [2.24, 2.45) is 0 Å². The maximum absolute atomic E-state index is 12.8. The van der Waals surface area contributed by atoms with Gasteiger partial charge in [0.15, 0.2) is 10.9 Å². The second kappa shape index (κ2) is 5.38. The summed E-state index contributed by atoms with van der Waals surface area (Å²) in [7, 11) is 0. The Bertz CT molecular complexity index is 604. The minimum absolute atomic E-state index is 0.231. The molecule has 2 rings (SSSR count). The van der Waals surface area contributed by atoms with Crippen LogP contribution < -0.4 is 4.74 Å². The predicted molar refractivity (Wildman–Crippen MR) is 68.5 cm³/mol. The second-order valence-corrected chi connectivity index (χ2v) is 4.81. The SMILES string of the molecule is FC(F)(F)c1ccnc(Cl)c1Oc1cccc(Br)c1. The average molecular weight is 353 g/mol. The van der Waals surface area contributed by atoms with E-state index in [9.17, 15) is 13.2 Å². The quantitative estimate of drug-likeness (QED) is 0.684. The number of alkyl halides is 3. The molecule has 0 bridgehead atoms. The molecule has 100 valence electrons. The zero-order valence-corrected chi connectivity index (χ0v) is 11.6. The Hall–Kier alpha value is -1.27. The fraction of sp³-hybridized carbons (Fsp3) is 0.0833. The van der Waals surface area contributed by atoms with Crippen molar-refractivity contribution in [3.63, 3.8) is 0 Å². The summed E-state index contributed by atoms with van der Waals surface area (Å²) in [4.78, 5) is 3.60. The van der Waals surface area contributed by atoms with Gasteiger partial charge in [0.1, 0.15) is 11.3 Å². The highest BCUT2D eigenvalue weighted by molar-refractivity contribution is 9.10. The third-order valence-electron chi connectivity index (χ3n) is 2.18. The first-order chi connectivity index (χ1) is 8.88. The van der Waals surface area contributed by atoms with Crippen molar-refractivity contribution in [1.29, 1.82) is 0 Å². The summed E-state index contributed by atoms with van der Waals surface area (Å²) >= 11 is 8.88. The normalized spacial score (nSPS) is 11.4. The summed E-state index contributed by atoms with van der Waals surface area (Å²) in [5.41, 5.74) is -0.965. The number of nitrogens with zero attached hydrogens (tertiary/aromatic N) is 1. The van der Waals surface area contributed by atoms with Gasteiger partial charge in [0, 0.05) is 10.7 Å². The summed E-state index contributed by atoms with van der Waals surface area (Å²) in [5, 5.41) is -0.338. The second-order valence-electron chi connectivity index (χ2n) is 3.54. The van der Waals surface area contributed by atoms with Crippen molar-refractivity contribution in [3.05, 3.63) is 51.7 Å². The number of halogens is 5. The highest BCUT2D eigenvalue weighted by Crippen LogP contribution is 2.41. The van der Waals surface area contributed by atoms with Crippen LogP contribution in [0.25, 0.3) is 0 Å². The Morgan fingerprint density at radius 2 is 1.95 bits per heavy atom. The standard InChI is InChI=1S/C12H6BrClF3NO/c13-7-2-1-3-8(6-7)19-10-9(12(15,16)17)4-5-18-11(10)14/h1-6H. The molecule has 0 radical (unpaired) electrons. The van der Waals surface area contributed by atoms with E-state index >= 15 is 0 Å². The van der Waals surface area contributed by atoms with Gasteiger partial charge in [-0.1, -0.05) is 33.6 Å². The zero-order valence-electron chi connectivity index (χ0n) is 9.21. The molecular weight excluding hydrogens is 346 g/mol. The van der Waals surface area contributed by atoms with Gasteiger partial charge < -0.3 is 4.74 Å². The molecule has 0 N–H and O–H groups in total. The average Bonchev–Trinajstić information content (AvgIpc) is 2.30. The molecule has 0 amide bonds. The molecule has 0 saturated heterocycles. The zero-order chi connectivity index (χ0) is 14.0. The number of hydrogen-bond acceptors (Lipinski definition) is 2. The van der Waals surface area contributed by atoms with Crippen LogP contribution in [0.3, 0.4) is 0 Å². The lowest BCUT2D eigenvalue weighted by atomic mass is 10.2. The van der Waals surface area contributed by atoms with E-state index in [1.807, 2.05) is 0 Å². The van der Waals surface area contributed by atoms with Crippen molar-refractivity contribution < 1.29 is 17.9 Å². The summed E-state index contributed by atoms with van der Waals surface area (Å²) < 4.78 is 44.4. The van der Waals surface area contributed by atoms with Crippen molar-refractivity contribution in [1.82, 2.24) is 4.98 Å². The first-order valence-electron chi connectivity index (χ1n) is 5.03. The van der Waals surface area contributed by atoms with Gasteiger partial charge in [0.25, 0.3) is 0 Å². The summed E-state index contributed by atoms with van der Waals surface area (Å²) in [5.74, 6) is -0.274. The lowest BCUT2D eigenvalue weighted by Gasteiger charge is -2.14. The van der Waals surface area contributed by atoms with Crippen LogP contribution in [-0.2, 0) is 6.18 Å². The summed E-state index contributed by atoms with van der Waals surface area (Å²) in [6.07, 6.45) is -3.58. The highest BCUT2D eigenvalue weighted by Gasteiger charge is 2.36. The third kappa shape index (κ3) is 3.39. The van der Waals surface area contributed by atoms with Crippen LogP contribution in [0.5, 0.6) is 11.5 Å². The van der Waals surface area contributed by atoms with Gasteiger partial charge in [-0.2, -0.15) is 13.2 Å². The molecular formula is C12H6BrClF3NO. The van der Waals surface area contributed by atoms with E-state index in [1.54, 1.807) is 12.1 Å². The molecule has 0 spiro atoms. The Kier molecular flexibility index (Phi) is 4.01. The topological polar surface area (TPSA) is 22.1 Å². The fourth-order valence-electron chi connectivity index (χ4n) is 1.39. The molecule has 1 aromatic carbocycles.